The van der Waals surface area contributed by atoms with Crippen LogP contribution in [0.15, 0.2) is 60.7 Å². The predicted molar refractivity (Wildman–Crippen MR) is 162 cm³/mol. The van der Waals surface area contributed by atoms with Gasteiger partial charge in [-0.15, -0.1) is 0 Å². The Morgan fingerprint density at radius 3 is 1.88 bits per heavy atom. The van der Waals surface area contributed by atoms with Crippen LogP contribution in [0.25, 0.3) is 0 Å². The molecule has 2 aromatic rings. The topological polar surface area (TPSA) is 88.4 Å². The second kappa shape index (κ2) is 21.1. The predicted octanol–water partition coefficient (Wildman–Crippen LogP) is 1.51. The van der Waals surface area contributed by atoms with Crippen LogP contribution in [0.3, 0.4) is 0 Å². The average Bonchev–Trinajstić information content (AvgIpc) is 2.95. The first kappa shape index (κ1) is 39.3. The number of ether oxygens (including phenoxy) is 3. The van der Waals surface area contributed by atoms with Gasteiger partial charge in [0.15, 0.2) is 23.7 Å². The molecule has 0 aliphatic carbocycles. The van der Waals surface area contributed by atoms with Gasteiger partial charge in [-0.2, -0.15) is 0 Å². The quantitative estimate of drug-likeness (QED) is 0.337. The molecule has 1 aliphatic heterocycles. The van der Waals surface area contributed by atoms with Crippen LogP contribution < -0.4 is 18.9 Å². The fourth-order valence-electron chi connectivity index (χ4n) is 4.96. The summed E-state index contributed by atoms with van der Waals surface area (Å²) in [4.78, 5) is 0. The van der Waals surface area contributed by atoms with E-state index in [0.29, 0.717) is 19.1 Å². The van der Waals surface area contributed by atoms with E-state index in [-0.39, 0.29) is 86.4 Å². The van der Waals surface area contributed by atoms with Gasteiger partial charge in [0, 0.05) is 0 Å². The molecule has 0 aromatic heterocycles. The monoisotopic (exact) mass is 568 g/mol. The molecule has 2 aromatic carbocycles. The molecule has 0 radical (unpaired) electrons. The Hall–Kier alpha value is -0.670. The third-order valence-electron chi connectivity index (χ3n) is 8.14. The van der Waals surface area contributed by atoms with E-state index in [1.807, 2.05) is 81.4 Å². The summed E-state index contributed by atoms with van der Waals surface area (Å²) in [6.45, 7) is 13.4. The maximum atomic E-state index is 10.1. The number of hydrogen-bond donors (Lipinski definition) is 3. The molecule has 0 spiro atoms. The molecule has 0 bridgehead atoms. The van der Waals surface area contributed by atoms with Gasteiger partial charge in [0.25, 0.3) is 0 Å². The van der Waals surface area contributed by atoms with E-state index in [4.69, 9.17) is 14.2 Å². The molecule has 0 amide bonds. The van der Waals surface area contributed by atoms with Gasteiger partial charge in [0.1, 0.15) is 6.10 Å². The molecular weight excluding hydrogens is 514 g/mol. The minimum atomic E-state index is -0.820. The van der Waals surface area contributed by atoms with E-state index < -0.39 is 6.29 Å². The second-order valence-electron chi connectivity index (χ2n) is 10.7. The molecule has 40 heavy (non-hydrogen) atoms. The van der Waals surface area contributed by atoms with Gasteiger partial charge in [0.2, 0.25) is 0 Å². The van der Waals surface area contributed by atoms with Crippen LogP contribution in [0.4, 0.5) is 0 Å². The SMILES string of the molecule is CC[C@@H](O)[C@@H](C)[C@H](C)[C@H](CO)OCc1ccccc1.CC[C@H]1OC(O)[C@H](OCc2ccccc2)[C@@H](C)[C@@H]1C.[AlH3].[H-].[Li+]. The van der Waals surface area contributed by atoms with Crippen LogP contribution in [0.1, 0.15) is 66.9 Å². The second-order valence-corrected chi connectivity index (χ2v) is 10.7. The van der Waals surface area contributed by atoms with E-state index in [0.717, 1.165) is 24.0 Å². The van der Waals surface area contributed by atoms with Crippen molar-refractivity contribution in [3.8, 4) is 0 Å². The molecule has 222 valence electrons. The molecule has 1 aliphatic rings. The fourth-order valence-corrected chi connectivity index (χ4v) is 4.96. The van der Waals surface area contributed by atoms with Crippen LogP contribution >= 0.6 is 0 Å². The molecule has 0 saturated carbocycles. The van der Waals surface area contributed by atoms with E-state index in [2.05, 4.69) is 20.8 Å². The first-order valence-electron chi connectivity index (χ1n) is 14.2. The van der Waals surface area contributed by atoms with Crippen molar-refractivity contribution in [3.63, 3.8) is 0 Å². The number of benzene rings is 2. The summed E-state index contributed by atoms with van der Waals surface area (Å²) in [5, 5.41) is 29.4. The zero-order chi connectivity index (χ0) is 28.1. The number of aliphatic hydroxyl groups excluding tert-OH is 3. The Kier molecular flexibility index (Phi) is 20.7. The average molecular weight is 569 g/mol. The van der Waals surface area contributed by atoms with Crippen LogP contribution in [-0.2, 0) is 27.4 Å². The van der Waals surface area contributed by atoms with Gasteiger partial charge in [-0.25, -0.2) is 0 Å². The zero-order valence-corrected chi connectivity index (χ0v) is 25.1. The maximum absolute atomic E-state index is 10.1. The van der Waals surface area contributed by atoms with E-state index in [9.17, 15) is 15.3 Å². The van der Waals surface area contributed by atoms with Gasteiger partial charge in [-0.05, 0) is 47.6 Å². The van der Waals surface area contributed by atoms with E-state index in [1.165, 1.54) is 0 Å². The van der Waals surface area contributed by atoms with Crippen molar-refractivity contribution < 1.29 is 49.8 Å². The number of hydrogen-bond acceptors (Lipinski definition) is 6. The largest absolute Gasteiger partial charge is 1.00 e. The Labute approximate surface area is 266 Å². The molecular formula is C32H54AlLiO6. The molecule has 3 rings (SSSR count). The van der Waals surface area contributed by atoms with Crippen LogP contribution in [0.2, 0.25) is 0 Å². The number of rotatable bonds is 12. The van der Waals surface area contributed by atoms with Gasteiger partial charge in [0.05, 0.1) is 38.1 Å². The standard InChI is InChI=1S/C16H24O3.C16H26O3.Al.Li.4H/c1-4-14-11(2)12(3)15(16(17)19-14)18-10-13-8-6-5-7-9-13;1-4-15(18)12(2)13(3)16(10-17)19-11-14-8-6-5-7-9-14;;;;;;/h5-9,11-12,14-17H,4,10H2,1-3H3;5-9,12-13,15-18H,4,10-11H2,1-3H3;;;;;;/q;;;+1;;;;-1/t11-,12-,14+,15+,16?;12-,13-,15+,16-;;;;;;/m00....../s1. The van der Waals surface area contributed by atoms with Crippen molar-refractivity contribution in [3.05, 3.63) is 71.8 Å². The Bertz CT molecular complexity index is 879. The third-order valence-corrected chi connectivity index (χ3v) is 8.14. The van der Waals surface area contributed by atoms with Gasteiger partial charge >= 0.3 is 18.9 Å². The molecule has 6 nitrogen and oxygen atoms in total. The van der Waals surface area contributed by atoms with Crippen molar-refractivity contribution in [2.75, 3.05) is 6.61 Å². The van der Waals surface area contributed by atoms with Gasteiger partial charge in [-0.3, -0.25) is 0 Å². The summed E-state index contributed by atoms with van der Waals surface area (Å²) in [6, 6.07) is 19.9. The van der Waals surface area contributed by atoms with Crippen molar-refractivity contribution in [1.29, 1.82) is 0 Å². The summed E-state index contributed by atoms with van der Waals surface area (Å²) in [5.41, 5.74) is 2.21. The Balaban J connectivity index is 0. The van der Waals surface area contributed by atoms with Crippen molar-refractivity contribution in [1.82, 2.24) is 0 Å². The summed E-state index contributed by atoms with van der Waals surface area (Å²) < 4.78 is 17.3. The number of aliphatic hydroxyl groups is 3. The smallest absolute Gasteiger partial charge is 1.00 e. The maximum Gasteiger partial charge on any atom is 1.00 e. The van der Waals surface area contributed by atoms with E-state index >= 15 is 0 Å². The summed E-state index contributed by atoms with van der Waals surface area (Å²) in [7, 11) is 0. The van der Waals surface area contributed by atoms with Crippen molar-refractivity contribution in [2.45, 2.75) is 98.3 Å². The molecule has 1 unspecified atom stereocenters. The van der Waals surface area contributed by atoms with Crippen LogP contribution in [-0.4, -0.2) is 70.0 Å². The zero-order valence-electron chi connectivity index (χ0n) is 26.1. The molecule has 9 atom stereocenters. The molecule has 1 fully saturated rings. The van der Waals surface area contributed by atoms with Crippen molar-refractivity contribution >= 4 is 17.4 Å². The molecule has 1 heterocycles. The molecule has 8 heteroatoms. The van der Waals surface area contributed by atoms with E-state index in [1.54, 1.807) is 0 Å². The summed E-state index contributed by atoms with van der Waals surface area (Å²) in [6.07, 6.45) is 0.122. The van der Waals surface area contributed by atoms with Crippen molar-refractivity contribution in [2.24, 2.45) is 23.7 Å². The summed E-state index contributed by atoms with van der Waals surface area (Å²) in [5.74, 6) is 0.910. The van der Waals surface area contributed by atoms with Crippen LogP contribution in [0.5, 0.6) is 0 Å². The first-order chi connectivity index (χ1) is 18.2. The molecule has 1 saturated heterocycles. The van der Waals surface area contributed by atoms with Gasteiger partial charge < -0.3 is 31.0 Å². The van der Waals surface area contributed by atoms with Gasteiger partial charge in [-0.1, -0.05) is 102 Å². The summed E-state index contributed by atoms with van der Waals surface area (Å²) >= 11 is 0. The third kappa shape index (κ3) is 12.3. The molecule has 3 N–H and O–H groups in total. The first-order valence-corrected chi connectivity index (χ1v) is 14.2. The minimum absolute atomic E-state index is 0. The van der Waals surface area contributed by atoms with Crippen LogP contribution in [0, 0.1) is 23.7 Å². The fraction of sp³-hybridized carbons (Fsp3) is 0.625. The minimum Gasteiger partial charge on any atom is -1.00 e. The Morgan fingerprint density at radius 1 is 0.875 bits per heavy atom. The normalized spacial score (nSPS) is 25.2. The Morgan fingerprint density at radius 2 is 1.40 bits per heavy atom.